The molecule has 0 spiro atoms. The second-order valence-electron chi connectivity index (χ2n) is 9.35. The van der Waals surface area contributed by atoms with E-state index in [0.717, 1.165) is 54.6 Å². The Morgan fingerprint density at radius 3 is 2.30 bits per heavy atom. The van der Waals surface area contributed by atoms with Gasteiger partial charge in [0.2, 0.25) is 0 Å². The first-order chi connectivity index (χ1) is 18.0. The van der Waals surface area contributed by atoms with Crippen molar-refractivity contribution in [2.45, 2.75) is 19.5 Å². The minimum atomic E-state index is -0.396. The Bertz CT molecular complexity index is 1380. The van der Waals surface area contributed by atoms with Crippen LogP contribution in [0.4, 0.5) is 5.82 Å². The van der Waals surface area contributed by atoms with Gasteiger partial charge in [0.15, 0.2) is 0 Å². The number of benzene rings is 2. The Labute approximate surface area is 217 Å². The second kappa shape index (κ2) is 10.9. The molecule has 1 fully saturated rings. The van der Waals surface area contributed by atoms with E-state index in [0.29, 0.717) is 12.1 Å². The minimum absolute atomic E-state index is 0.0276. The predicted molar refractivity (Wildman–Crippen MR) is 146 cm³/mol. The SMILES string of the molecule is COc1ccc(C(c2c(O)cc(C)n(Cc3ccccc3)c2=O)N2CCN(c3ccccn3)CC2)cc1. The van der Waals surface area contributed by atoms with E-state index >= 15 is 0 Å². The summed E-state index contributed by atoms with van der Waals surface area (Å²) < 4.78 is 7.12. The van der Waals surface area contributed by atoms with Gasteiger partial charge in [0.05, 0.1) is 25.3 Å². The molecule has 190 valence electrons. The van der Waals surface area contributed by atoms with Crippen molar-refractivity contribution < 1.29 is 9.84 Å². The molecule has 7 heteroatoms. The van der Waals surface area contributed by atoms with E-state index in [1.807, 2.05) is 79.7 Å². The van der Waals surface area contributed by atoms with Gasteiger partial charge < -0.3 is 19.3 Å². The normalized spacial score (nSPS) is 14.9. The fourth-order valence-corrected chi connectivity index (χ4v) is 5.08. The maximum absolute atomic E-state index is 14.0. The number of rotatable bonds is 7. The zero-order valence-electron chi connectivity index (χ0n) is 21.2. The van der Waals surface area contributed by atoms with E-state index in [2.05, 4.69) is 14.8 Å². The third-order valence-electron chi connectivity index (χ3n) is 7.06. The molecule has 0 radical (unpaired) electrons. The van der Waals surface area contributed by atoms with Crippen molar-refractivity contribution in [2.24, 2.45) is 0 Å². The Morgan fingerprint density at radius 2 is 1.65 bits per heavy atom. The highest BCUT2D eigenvalue weighted by atomic mass is 16.5. The Hall–Kier alpha value is -4.10. The lowest BCUT2D eigenvalue weighted by Gasteiger charge is -2.40. The first kappa shape index (κ1) is 24.6. The third kappa shape index (κ3) is 5.22. The summed E-state index contributed by atoms with van der Waals surface area (Å²) in [6.45, 7) is 5.30. The summed E-state index contributed by atoms with van der Waals surface area (Å²) in [6.07, 6.45) is 1.81. The van der Waals surface area contributed by atoms with Crippen LogP contribution >= 0.6 is 0 Å². The van der Waals surface area contributed by atoms with Crippen molar-refractivity contribution in [3.63, 3.8) is 0 Å². The first-order valence-corrected chi connectivity index (χ1v) is 12.6. The van der Waals surface area contributed by atoms with Crippen molar-refractivity contribution >= 4 is 5.82 Å². The van der Waals surface area contributed by atoms with Gasteiger partial charge >= 0.3 is 0 Å². The van der Waals surface area contributed by atoms with Gasteiger partial charge in [0.25, 0.3) is 5.56 Å². The van der Waals surface area contributed by atoms with Crippen molar-refractivity contribution in [2.75, 3.05) is 38.2 Å². The van der Waals surface area contributed by atoms with E-state index in [4.69, 9.17) is 4.74 Å². The van der Waals surface area contributed by atoms with Gasteiger partial charge in [-0.25, -0.2) is 4.98 Å². The summed E-state index contributed by atoms with van der Waals surface area (Å²) in [6, 6.07) is 24.9. The van der Waals surface area contributed by atoms with E-state index in [1.165, 1.54) is 0 Å². The molecule has 2 aromatic carbocycles. The lowest BCUT2D eigenvalue weighted by Crippen LogP contribution is -2.49. The molecule has 1 aliphatic heterocycles. The smallest absolute Gasteiger partial charge is 0.259 e. The number of aromatic nitrogens is 2. The Morgan fingerprint density at radius 1 is 0.946 bits per heavy atom. The molecule has 37 heavy (non-hydrogen) atoms. The summed E-state index contributed by atoms with van der Waals surface area (Å²) in [4.78, 5) is 23.0. The number of ether oxygens (including phenoxy) is 1. The van der Waals surface area contributed by atoms with Gasteiger partial charge in [-0.1, -0.05) is 48.5 Å². The lowest BCUT2D eigenvalue weighted by molar-refractivity contribution is 0.207. The predicted octanol–water partition coefficient (Wildman–Crippen LogP) is 4.23. The Kier molecular flexibility index (Phi) is 7.23. The summed E-state index contributed by atoms with van der Waals surface area (Å²) in [7, 11) is 1.64. The summed E-state index contributed by atoms with van der Waals surface area (Å²) in [5.41, 5.74) is 2.93. The first-order valence-electron chi connectivity index (χ1n) is 12.6. The summed E-state index contributed by atoms with van der Waals surface area (Å²) in [5.74, 6) is 1.73. The van der Waals surface area contributed by atoms with Crippen LogP contribution in [-0.2, 0) is 6.54 Å². The molecule has 0 saturated carbocycles. The standard InChI is InChI=1S/C30H32N4O3/c1-22-20-26(35)28(30(36)34(22)21-23-8-4-3-5-9-23)29(24-11-13-25(37-2)14-12-24)33-18-16-32(17-19-33)27-10-6-7-15-31-27/h3-15,20,29,35H,16-19,21H2,1-2H3. The molecule has 1 atom stereocenters. The Balaban J connectivity index is 1.54. The average Bonchev–Trinajstić information content (AvgIpc) is 2.94. The molecule has 5 rings (SSSR count). The van der Waals surface area contributed by atoms with E-state index in [1.54, 1.807) is 23.9 Å². The van der Waals surface area contributed by atoms with Gasteiger partial charge in [-0.3, -0.25) is 9.69 Å². The van der Waals surface area contributed by atoms with Crippen molar-refractivity contribution in [3.8, 4) is 11.5 Å². The van der Waals surface area contributed by atoms with Gasteiger partial charge in [-0.05, 0) is 48.4 Å². The van der Waals surface area contributed by atoms with Crippen LogP contribution in [0.3, 0.4) is 0 Å². The topological polar surface area (TPSA) is 70.8 Å². The highest BCUT2D eigenvalue weighted by molar-refractivity contribution is 5.44. The molecular weight excluding hydrogens is 464 g/mol. The van der Waals surface area contributed by atoms with E-state index < -0.39 is 6.04 Å². The zero-order valence-corrected chi connectivity index (χ0v) is 21.2. The molecule has 7 nitrogen and oxygen atoms in total. The number of aromatic hydroxyl groups is 1. The van der Waals surface area contributed by atoms with Crippen LogP contribution in [0.25, 0.3) is 0 Å². The van der Waals surface area contributed by atoms with Crippen molar-refractivity contribution in [1.29, 1.82) is 0 Å². The fraction of sp³-hybridized carbons (Fsp3) is 0.267. The van der Waals surface area contributed by atoms with Crippen LogP contribution in [0, 0.1) is 6.92 Å². The van der Waals surface area contributed by atoms with Crippen molar-refractivity contribution in [1.82, 2.24) is 14.5 Å². The van der Waals surface area contributed by atoms with Crippen LogP contribution in [0.5, 0.6) is 11.5 Å². The number of anilines is 1. The highest BCUT2D eigenvalue weighted by Crippen LogP contribution is 2.34. The number of nitrogens with zero attached hydrogens (tertiary/aromatic N) is 4. The van der Waals surface area contributed by atoms with Crippen LogP contribution in [0.2, 0.25) is 0 Å². The monoisotopic (exact) mass is 496 g/mol. The molecule has 3 heterocycles. The van der Waals surface area contributed by atoms with Gasteiger partial charge in [0.1, 0.15) is 17.3 Å². The molecule has 1 N–H and O–H groups in total. The fourth-order valence-electron chi connectivity index (χ4n) is 5.08. The van der Waals surface area contributed by atoms with Gasteiger partial charge in [-0.2, -0.15) is 0 Å². The minimum Gasteiger partial charge on any atom is -0.507 e. The molecular formula is C30H32N4O3. The number of hydrogen-bond donors (Lipinski definition) is 1. The zero-order chi connectivity index (χ0) is 25.8. The van der Waals surface area contributed by atoms with E-state index in [-0.39, 0.29) is 11.3 Å². The number of methoxy groups -OCH3 is 1. The summed E-state index contributed by atoms with van der Waals surface area (Å²) in [5, 5.41) is 11.2. The molecule has 0 amide bonds. The largest absolute Gasteiger partial charge is 0.507 e. The van der Waals surface area contributed by atoms with Gasteiger partial charge in [0, 0.05) is 38.1 Å². The maximum atomic E-state index is 14.0. The molecule has 1 saturated heterocycles. The molecule has 2 aromatic heterocycles. The van der Waals surface area contributed by atoms with E-state index in [9.17, 15) is 9.90 Å². The number of pyridine rings is 2. The molecule has 4 aromatic rings. The summed E-state index contributed by atoms with van der Waals surface area (Å²) >= 11 is 0. The van der Waals surface area contributed by atoms with Gasteiger partial charge in [-0.15, -0.1) is 0 Å². The highest BCUT2D eigenvalue weighted by Gasteiger charge is 2.31. The average molecular weight is 497 g/mol. The van der Waals surface area contributed by atoms with Crippen LogP contribution in [0.15, 0.2) is 89.9 Å². The van der Waals surface area contributed by atoms with Crippen LogP contribution in [-0.4, -0.2) is 52.8 Å². The molecule has 0 bridgehead atoms. The van der Waals surface area contributed by atoms with Crippen LogP contribution in [0.1, 0.15) is 28.4 Å². The quantitative estimate of drug-likeness (QED) is 0.413. The number of piperazine rings is 1. The molecule has 1 aliphatic rings. The molecule has 0 aliphatic carbocycles. The molecule has 1 unspecified atom stereocenters. The van der Waals surface area contributed by atoms with Crippen LogP contribution < -0.4 is 15.2 Å². The lowest BCUT2D eigenvalue weighted by atomic mass is 9.95. The number of hydrogen-bond acceptors (Lipinski definition) is 6. The number of aryl methyl sites for hydroxylation is 1. The second-order valence-corrected chi connectivity index (χ2v) is 9.35. The van der Waals surface area contributed by atoms with Crippen molar-refractivity contribution in [3.05, 3.63) is 118 Å². The maximum Gasteiger partial charge on any atom is 0.259 e. The third-order valence-corrected chi connectivity index (χ3v) is 7.06.